The van der Waals surface area contributed by atoms with Crippen LogP contribution in [0.3, 0.4) is 0 Å². The second-order valence-electron chi connectivity index (χ2n) is 7.94. The maximum Gasteiger partial charge on any atom is 0.410 e. The Hall–Kier alpha value is -2.83. The Morgan fingerprint density at radius 2 is 1.96 bits per heavy atom. The summed E-state index contributed by atoms with van der Waals surface area (Å²) in [4.78, 5) is 28.7. The topological polar surface area (TPSA) is 67.7 Å². The van der Waals surface area contributed by atoms with Gasteiger partial charge in [0.05, 0.1) is 18.3 Å². The number of hydrogen-bond donors (Lipinski definition) is 0. The average Bonchev–Trinajstić information content (AvgIpc) is 3.26. The molecule has 7 heteroatoms. The number of aromatic nitrogens is 2. The molecular formula is C21H26N4O3. The summed E-state index contributed by atoms with van der Waals surface area (Å²) in [5.74, 6) is 0.234. The van der Waals surface area contributed by atoms with Crippen molar-refractivity contribution < 1.29 is 14.3 Å². The highest BCUT2D eigenvalue weighted by atomic mass is 16.6. The van der Waals surface area contributed by atoms with Crippen LogP contribution in [0.15, 0.2) is 42.7 Å². The van der Waals surface area contributed by atoms with Gasteiger partial charge in [0.15, 0.2) is 0 Å². The van der Waals surface area contributed by atoms with E-state index in [-0.39, 0.29) is 17.9 Å². The zero-order chi connectivity index (χ0) is 19.7. The Labute approximate surface area is 164 Å². The molecule has 0 radical (unpaired) electrons. The maximum absolute atomic E-state index is 12.6. The number of aryl methyl sites for hydroxylation is 1. The number of likely N-dealkylation sites (tertiary alicyclic amines) is 1. The Bertz CT molecular complexity index is 856. The van der Waals surface area contributed by atoms with Gasteiger partial charge in [0.25, 0.3) is 5.91 Å². The van der Waals surface area contributed by atoms with E-state index in [1.54, 1.807) is 24.1 Å². The minimum absolute atomic E-state index is 0.0122. The zero-order valence-electron chi connectivity index (χ0n) is 16.4. The number of nitrogens with zero attached hydrogens (tertiary/aromatic N) is 4. The quantitative estimate of drug-likeness (QED) is 0.815. The summed E-state index contributed by atoms with van der Waals surface area (Å²) in [6.45, 7) is 4.54. The van der Waals surface area contributed by atoms with Crippen molar-refractivity contribution >= 4 is 12.0 Å². The monoisotopic (exact) mass is 382 g/mol. The molecule has 2 saturated heterocycles. The molecule has 2 fully saturated rings. The van der Waals surface area contributed by atoms with E-state index < -0.39 is 5.60 Å². The molecule has 1 aromatic heterocycles. The van der Waals surface area contributed by atoms with Crippen LogP contribution in [-0.4, -0.2) is 63.4 Å². The first kappa shape index (κ1) is 18.5. The van der Waals surface area contributed by atoms with Crippen molar-refractivity contribution in [3.63, 3.8) is 0 Å². The molecule has 1 atom stereocenters. The highest BCUT2D eigenvalue weighted by Crippen LogP contribution is 2.34. The lowest BCUT2D eigenvalue weighted by Crippen LogP contribution is -2.48. The predicted molar refractivity (Wildman–Crippen MR) is 104 cm³/mol. The van der Waals surface area contributed by atoms with Gasteiger partial charge in [0.2, 0.25) is 0 Å². The molecule has 7 nitrogen and oxygen atoms in total. The summed E-state index contributed by atoms with van der Waals surface area (Å²) in [6.07, 6.45) is 4.42. The van der Waals surface area contributed by atoms with E-state index in [0.29, 0.717) is 44.6 Å². The van der Waals surface area contributed by atoms with E-state index in [9.17, 15) is 9.59 Å². The molecule has 0 saturated carbocycles. The number of benzene rings is 1. The second-order valence-corrected chi connectivity index (χ2v) is 7.94. The molecule has 2 aromatic rings. The minimum Gasteiger partial charge on any atom is -0.441 e. The van der Waals surface area contributed by atoms with E-state index in [1.807, 2.05) is 28.0 Å². The van der Waals surface area contributed by atoms with Crippen LogP contribution in [-0.2, 0) is 11.8 Å². The standard InChI is InChI=1S/C21H26N4O3/c1-16(17-6-4-3-5-7-17)13-25-15-21(28-20(25)27)8-10-24(11-9-21)19(26)18-12-22-23(2)14-18/h3-7,12,14,16H,8-11,13,15H2,1-2H3/t16-/m0/s1. The van der Waals surface area contributed by atoms with Crippen LogP contribution in [0, 0.1) is 0 Å². The zero-order valence-corrected chi connectivity index (χ0v) is 16.4. The molecular weight excluding hydrogens is 356 g/mol. The number of rotatable bonds is 4. The van der Waals surface area contributed by atoms with Gasteiger partial charge in [-0.1, -0.05) is 37.3 Å². The van der Waals surface area contributed by atoms with Gasteiger partial charge in [0, 0.05) is 45.7 Å². The Morgan fingerprint density at radius 3 is 2.61 bits per heavy atom. The summed E-state index contributed by atoms with van der Waals surface area (Å²) >= 11 is 0. The van der Waals surface area contributed by atoms with Gasteiger partial charge in [-0.05, 0) is 11.5 Å². The first-order valence-corrected chi connectivity index (χ1v) is 9.77. The van der Waals surface area contributed by atoms with Crippen LogP contribution < -0.4 is 0 Å². The van der Waals surface area contributed by atoms with Crippen LogP contribution in [0.25, 0.3) is 0 Å². The Morgan fingerprint density at radius 1 is 1.25 bits per heavy atom. The van der Waals surface area contributed by atoms with E-state index in [0.717, 1.165) is 0 Å². The average molecular weight is 382 g/mol. The van der Waals surface area contributed by atoms with Crippen molar-refractivity contribution in [3.8, 4) is 0 Å². The van der Waals surface area contributed by atoms with Crippen LogP contribution in [0.4, 0.5) is 4.79 Å². The molecule has 0 bridgehead atoms. The first-order chi connectivity index (χ1) is 13.5. The fourth-order valence-electron chi connectivity index (χ4n) is 4.14. The summed E-state index contributed by atoms with van der Waals surface area (Å²) in [5, 5.41) is 4.07. The van der Waals surface area contributed by atoms with Gasteiger partial charge in [-0.3, -0.25) is 9.48 Å². The summed E-state index contributed by atoms with van der Waals surface area (Å²) in [5.41, 5.74) is 1.34. The van der Waals surface area contributed by atoms with Crippen LogP contribution in [0.1, 0.15) is 41.6 Å². The van der Waals surface area contributed by atoms with Crippen molar-refractivity contribution in [1.29, 1.82) is 0 Å². The number of piperidine rings is 1. The van der Waals surface area contributed by atoms with Gasteiger partial charge in [-0.15, -0.1) is 0 Å². The molecule has 148 valence electrons. The first-order valence-electron chi connectivity index (χ1n) is 9.77. The SMILES string of the molecule is C[C@@H](CN1CC2(CCN(C(=O)c3cnn(C)c3)CC2)OC1=O)c1ccccc1. The highest BCUT2D eigenvalue weighted by molar-refractivity contribution is 5.93. The molecule has 0 N–H and O–H groups in total. The lowest BCUT2D eigenvalue weighted by atomic mass is 9.90. The van der Waals surface area contributed by atoms with Gasteiger partial charge < -0.3 is 14.5 Å². The van der Waals surface area contributed by atoms with Crippen molar-refractivity contribution in [1.82, 2.24) is 19.6 Å². The third-order valence-electron chi connectivity index (χ3n) is 5.82. The third kappa shape index (κ3) is 3.61. The van der Waals surface area contributed by atoms with Crippen molar-refractivity contribution in [2.75, 3.05) is 26.2 Å². The van der Waals surface area contributed by atoms with Gasteiger partial charge in [-0.2, -0.15) is 5.10 Å². The summed E-state index contributed by atoms with van der Waals surface area (Å²) in [7, 11) is 1.80. The molecule has 1 spiro atoms. The predicted octanol–water partition coefficient (Wildman–Crippen LogP) is 2.65. The molecule has 4 rings (SSSR count). The molecule has 2 amide bonds. The molecule has 0 unspecified atom stereocenters. The lowest BCUT2D eigenvalue weighted by molar-refractivity contribution is 0.00313. The normalized spacial score (nSPS) is 19.7. The van der Waals surface area contributed by atoms with E-state index in [2.05, 4.69) is 24.2 Å². The van der Waals surface area contributed by atoms with E-state index in [1.165, 1.54) is 5.56 Å². The highest BCUT2D eigenvalue weighted by Gasteiger charge is 2.47. The van der Waals surface area contributed by atoms with E-state index >= 15 is 0 Å². The van der Waals surface area contributed by atoms with Gasteiger partial charge in [-0.25, -0.2) is 4.79 Å². The maximum atomic E-state index is 12.6. The molecule has 2 aliphatic heterocycles. The smallest absolute Gasteiger partial charge is 0.410 e. The summed E-state index contributed by atoms with van der Waals surface area (Å²) < 4.78 is 7.44. The number of carbonyl (C=O) groups is 2. The van der Waals surface area contributed by atoms with E-state index in [4.69, 9.17) is 4.74 Å². The minimum atomic E-state index is -0.473. The fourth-order valence-corrected chi connectivity index (χ4v) is 4.14. The fraction of sp³-hybridized carbons (Fsp3) is 0.476. The summed E-state index contributed by atoms with van der Waals surface area (Å²) in [6, 6.07) is 10.2. The van der Waals surface area contributed by atoms with Crippen LogP contribution >= 0.6 is 0 Å². The molecule has 1 aromatic carbocycles. The van der Waals surface area contributed by atoms with Crippen molar-refractivity contribution in [2.24, 2.45) is 7.05 Å². The number of carbonyl (C=O) groups excluding carboxylic acids is 2. The van der Waals surface area contributed by atoms with Crippen molar-refractivity contribution in [2.45, 2.75) is 31.3 Å². The molecule has 3 heterocycles. The molecule has 0 aliphatic carbocycles. The lowest BCUT2D eigenvalue weighted by Gasteiger charge is -2.37. The Kier molecular flexibility index (Phi) is 4.83. The number of hydrogen-bond acceptors (Lipinski definition) is 4. The molecule has 2 aliphatic rings. The van der Waals surface area contributed by atoms with Gasteiger partial charge in [0.1, 0.15) is 5.60 Å². The largest absolute Gasteiger partial charge is 0.441 e. The number of ether oxygens (including phenoxy) is 1. The van der Waals surface area contributed by atoms with Crippen LogP contribution in [0.2, 0.25) is 0 Å². The van der Waals surface area contributed by atoms with Crippen molar-refractivity contribution in [3.05, 3.63) is 53.9 Å². The Balaban J connectivity index is 1.36. The third-order valence-corrected chi connectivity index (χ3v) is 5.82. The molecule has 28 heavy (non-hydrogen) atoms. The van der Waals surface area contributed by atoms with Gasteiger partial charge >= 0.3 is 6.09 Å². The number of amides is 2. The second kappa shape index (κ2) is 7.30. The van der Waals surface area contributed by atoms with Crippen LogP contribution in [0.5, 0.6) is 0 Å².